The minimum absolute atomic E-state index is 0.267. The van der Waals surface area contributed by atoms with Crippen LogP contribution in [0.1, 0.15) is 10.5 Å². The largest absolute Gasteiger partial charge is 0.361 e. The van der Waals surface area contributed by atoms with Gasteiger partial charge in [0, 0.05) is 40.8 Å². The number of nitrogens with one attached hydrogen (secondary N) is 1. The predicted octanol–water partition coefficient (Wildman–Crippen LogP) is 2.26. The van der Waals surface area contributed by atoms with E-state index in [4.69, 9.17) is 0 Å². The van der Waals surface area contributed by atoms with Gasteiger partial charge in [0.2, 0.25) is 5.95 Å². The smallest absolute Gasteiger partial charge is 0.274 e. The van der Waals surface area contributed by atoms with Crippen LogP contribution in [0.25, 0.3) is 11.3 Å². The second-order valence-electron chi connectivity index (χ2n) is 6.55. The number of benzene rings is 1. The summed E-state index contributed by atoms with van der Waals surface area (Å²) in [7, 11) is 9.23. The van der Waals surface area contributed by atoms with Crippen LogP contribution < -0.4 is 15.1 Å². The van der Waals surface area contributed by atoms with E-state index in [9.17, 15) is 4.79 Å². The van der Waals surface area contributed by atoms with Crippen LogP contribution in [0.4, 0.5) is 17.5 Å². The molecule has 2 aromatic heterocycles. The molecule has 0 fully saturated rings. The Hall–Kier alpha value is -3.42. The quantitative estimate of drug-likeness (QED) is 0.747. The number of carbonyl (C=O) groups excluding carboxylic acids is 1. The van der Waals surface area contributed by atoms with Gasteiger partial charge in [0.05, 0.1) is 11.9 Å². The summed E-state index contributed by atoms with van der Waals surface area (Å²) in [6, 6.07) is 11.5. The van der Waals surface area contributed by atoms with Gasteiger partial charge >= 0.3 is 0 Å². The van der Waals surface area contributed by atoms with Crippen LogP contribution in [-0.2, 0) is 7.05 Å². The Morgan fingerprint density at radius 3 is 2.41 bits per heavy atom. The molecular formula is C19H23N7O. The van der Waals surface area contributed by atoms with Crippen molar-refractivity contribution in [1.29, 1.82) is 0 Å². The number of hydrogen-bond acceptors (Lipinski definition) is 6. The van der Waals surface area contributed by atoms with E-state index >= 15 is 0 Å². The third-order valence-electron chi connectivity index (χ3n) is 4.01. The molecule has 0 bridgehead atoms. The van der Waals surface area contributed by atoms with E-state index in [-0.39, 0.29) is 5.91 Å². The van der Waals surface area contributed by atoms with Gasteiger partial charge in [0.1, 0.15) is 11.4 Å². The first-order valence-corrected chi connectivity index (χ1v) is 8.49. The lowest BCUT2D eigenvalue weighted by Gasteiger charge is -2.19. The van der Waals surface area contributed by atoms with Crippen molar-refractivity contribution in [3.63, 3.8) is 0 Å². The number of hydrogen-bond donors (Lipinski definition) is 1. The molecule has 0 spiro atoms. The zero-order valence-electron chi connectivity index (χ0n) is 16.1. The first-order valence-electron chi connectivity index (χ1n) is 8.49. The zero-order chi connectivity index (χ0) is 19.6. The number of amides is 1. The summed E-state index contributed by atoms with van der Waals surface area (Å²) >= 11 is 0. The van der Waals surface area contributed by atoms with E-state index in [0.29, 0.717) is 23.1 Å². The summed E-state index contributed by atoms with van der Waals surface area (Å²) in [5.74, 6) is 0.938. The third kappa shape index (κ3) is 3.89. The van der Waals surface area contributed by atoms with Gasteiger partial charge in [0.25, 0.3) is 5.91 Å². The lowest BCUT2D eigenvalue weighted by Crippen LogP contribution is -2.22. The molecule has 27 heavy (non-hydrogen) atoms. The summed E-state index contributed by atoms with van der Waals surface area (Å²) in [4.78, 5) is 25.3. The Labute approximate surface area is 158 Å². The van der Waals surface area contributed by atoms with E-state index in [0.717, 1.165) is 11.3 Å². The Bertz CT molecular complexity index is 948. The summed E-state index contributed by atoms with van der Waals surface area (Å²) in [6.45, 7) is 0. The molecule has 0 saturated heterocycles. The molecule has 0 radical (unpaired) electrons. The van der Waals surface area contributed by atoms with Crippen molar-refractivity contribution in [3.05, 3.63) is 48.3 Å². The second kappa shape index (κ2) is 7.45. The van der Waals surface area contributed by atoms with E-state index < -0.39 is 0 Å². The van der Waals surface area contributed by atoms with Crippen LogP contribution >= 0.6 is 0 Å². The molecule has 1 N–H and O–H groups in total. The number of carbonyl (C=O) groups is 1. The third-order valence-corrected chi connectivity index (χ3v) is 4.01. The number of aromatic nitrogens is 4. The van der Waals surface area contributed by atoms with E-state index in [1.54, 1.807) is 24.0 Å². The average Bonchev–Trinajstić information content (AvgIpc) is 3.04. The highest BCUT2D eigenvalue weighted by Gasteiger charge is 2.18. The van der Waals surface area contributed by atoms with Gasteiger partial charge in [-0.25, -0.2) is 4.98 Å². The highest BCUT2D eigenvalue weighted by Crippen LogP contribution is 2.24. The van der Waals surface area contributed by atoms with Crippen molar-refractivity contribution in [2.75, 3.05) is 43.3 Å². The van der Waals surface area contributed by atoms with Gasteiger partial charge in [-0.3, -0.25) is 9.48 Å². The Kier molecular flexibility index (Phi) is 5.07. The number of rotatable bonds is 5. The number of nitrogens with zero attached hydrogens (tertiary/aromatic N) is 6. The minimum Gasteiger partial charge on any atom is -0.361 e. The van der Waals surface area contributed by atoms with Crippen molar-refractivity contribution in [3.8, 4) is 11.3 Å². The van der Waals surface area contributed by atoms with Gasteiger partial charge in [-0.1, -0.05) is 30.3 Å². The molecule has 3 aromatic rings. The van der Waals surface area contributed by atoms with E-state index in [2.05, 4.69) is 20.4 Å². The lowest BCUT2D eigenvalue weighted by atomic mass is 10.1. The predicted molar refractivity (Wildman–Crippen MR) is 107 cm³/mol. The maximum absolute atomic E-state index is 12.8. The van der Waals surface area contributed by atoms with Crippen molar-refractivity contribution in [2.45, 2.75) is 0 Å². The second-order valence-corrected chi connectivity index (χ2v) is 6.55. The van der Waals surface area contributed by atoms with Gasteiger partial charge in [0.15, 0.2) is 5.82 Å². The van der Waals surface area contributed by atoms with Crippen molar-refractivity contribution < 1.29 is 4.79 Å². The first kappa shape index (κ1) is 18.4. The molecule has 0 aliphatic carbocycles. The first-order chi connectivity index (χ1) is 12.9. The standard InChI is InChI=1S/C19H23N7O/c1-24(2)17-15(12-20-19(22-17)25(3)4)21-18(27)16-11-14(23-26(16)5)13-9-7-6-8-10-13/h6-12H,1-5H3,(H,21,27). The van der Waals surface area contributed by atoms with Crippen LogP contribution in [0.3, 0.4) is 0 Å². The Morgan fingerprint density at radius 1 is 1.07 bits per heavy atom. The SMILES string of the molecule is CN(C)c1ncc(NC(=O)c2cc(-c3ccccc3)nn2C)c(N(C)C)n1. The fraction of sp³-hybridized carbons (Fsp3) is 0.263. The normalized spacial score (nSPS) is 10.6. The molecule has 0 aliphatic heterocycles. The van der Waals surface area contributed by atoms with Gasteiger partial charge < -0.3 is 15.1 Å². The molecule has 2 heterocycles. The fourth-order valence-electron chi connectivity index (χ4n) is 2.62. The van der Waals surface area contributed by atoms with Crippen molar-refractivity contribution >= 4 is 23.4 Å². The Morgan fingerprint density at radius 2 is 1.78 bits per heavy atom. The molecule has 140 valence electrons. The van der Waals surface area contributed by atoms with Crippen LogP contribution in [-0.4, -0.2) is 53.8 Å². The maximum Gasteiger partial charge on any atom is 0.274 e. The molecule has 1 amide bonds. The summed E-state index contributed by atoms with van der Waals surface area (Å²) < 4.78 is 1.57. The minimum atomic E-state index is -0.267. The zero-order valence-corrected chi connectivity index (χ0v) is 16.1. The summed E-state index contributed by atoms with van der Waals surface area (Å²) in [5, 5.41) is 7.34. The number of aryl methyl sites for hydroxylation is 1. The monoisotopic (exact) mass is 365 g/mol. The topological polar surface area (TPSA) is 79.2 Å². The highest BCUT2D eigenvalue weighted by molar-refractivity contribution is 6.05. The molecule has 3 rings (SSSR count). The summed E-state index contributed by atoms with van der Waals surface area (Å²) in [6.07, 6.45) is 1.62. The Balaban J connectivity index is 1.89. The van der Waals surface area contributed by atoms with Gasteiger partial charge in [-0.05, 0) is 6.07 Å². The van der Waals surface area contributed by atoms with E-state index in [1.165, 1.54) is 0 Å². The van der Waals surface area contributed by atoms with Crippen LogP contribution in [0.15, 0.2) is 42.6 Å². The molecule has 8 heteroatoms. The lowest BCUT2D eigenvalue weighted by molar-refractivity contribution is 0.101. The molecule has 1 aromatic carbocycles. The molecule has 0 saturated carbocycles. The van der Waals surface area contributed by atoms with Crippen molar-refractivity contribution in [2.24, 2.45) is 7.05 Å². The molecule has 8 nitrogen and oxygen atoms in total. The number of anilines is 3. The van der Waals surface area contributed by atoms with Crippen LogP contribution in [0, 0.1) is 0 Å². The van der Waals surface area contributed by atoms with Crippen LogP contribution in [0.2, 0.25) is 0 Å². The molecule has 0 unspecified atom stereocenters. The summed E-state index contributed by atoms with van der Waals surface area (Å²) in [5.41, 5.74) is 2.70. The van der Waals surface area contributed by atoms with E-state index in [1.807, 2.05) is 68.3 Å². The molecular weight excluding hydrogens is 342 g/mol. The molecule has 0 atom stereocenters. The fourth-order valence-corrected chi connectivity index (χ4v) is 2.62. The highest BCUT2D eigenvalue weighted by atomic mass is 16.2. The maximum atomic E-state index is 12.8. The average molecular weight is 365 g/mol. The van der Waals surface area contributed by atoms with Gasteiger partial charge in [-0.15, -0.1) is 0 Å². The van der Waals surface area contributed by atoms with Crippen LogP contribution in [0.5, 0.6) is 0 Å². The molecule has 0 aliphatic rings. The van der Waals surface area contributed by atoms with Gasteiger partial charge in [-0.2, -0.15) is 10.1 Å². The van der Waals surface area contributed by atoms with Crippen molar-refractivity contribution in [1.82, 2.24) is 19.7 Å².